The van der Waals surface area contributed by atoms with Crippen LogP contribution in [-0.4, -0.2) is 57.7 Å². The molecule has 1 aliphatic rings. The van der Waals surface area contributed by atoms with Gasteiger partial charge in [0, 0.05) is 31.0 Å². The Morgan fingerprint density at radius 3 is 2.41 bits per heavy atom. The topological polar surface area (TPSA) is 102 Å². The Kier molecular flexibility index (Phi) is 9.35. The zero-order chi connectivity index (χ0) is 28.2. The number of nitrogens with one attached hydrogen (secondary N) is 1. The number of aromatic nitrogens is 4. The molecule has 0 radical (unpaired) electrons. The smallest absolute Gasteiger partial charge is 0.218 e. The van der Waals surface area contributed by atoms with Crippen molar-refractivity contribution in [3.8, 4) is 0 Å². The average Bonchev–Trinajstić information content (AvgIpc) is 3.53. The van der Waals surface area contributed by atoms with Crippen LogP contribution in [0.3, 0.4) is 0 Å². The number of nitrogens with zero attached hydrogens (tertiary/aromatic N) is 4. The predicted molar refractivity (Wildman–Crippen MR) is 156 cm³/mol. The van der Waals surface area contributed by atoms with Crippen LogP contribution in [0.25, 0.3) is 0 Å². The van der Waals surface area contributed by atoms with Crippen molar-refractivity contribution in [3.05, 3.63) is 71.9 Å². The molecule has 0 aliphatic heterocycles. The van der Waals surface area contributed by atoms with Gasteiger partial charge in [-0.05, 0) is 41.1 Å². The first-order valence-electron chi connectivity index (χ1n) is 14.1. The molecule has 39 heavy (non-hydrogen) atoms. The number of aliphatic hydroxyl groups is 1. The molecule has 8 nitrogen and oxygen atoms in total. The maximum absolute atomic E-state index is 13.4. The Labute approximate surface area is 233 Å². The van der Waals surface area contributed by atoms with Gasteiger partial charge < -0.3 is 14.8 Å². The van der Waals surface area contributed by atoms with E-state index in [1.54, 1.807) is 16.9 Å². The minimum absolute atomic E-state index is 0.0268. The summed E-state index contributed by atoms with van der Waals surface area (Å²) in [5, 5.41) is 18.3. The van der Waals surface area contributed by atoms with Gasteiger partial charge in [-0.2, -0.15) is 5.10 Å². The second-order valence-electron chi connectivity index (χ2n) is 11.7. The van der Waals surface area contributed by atoms with Crippen LogP contribution < -0.4 is 5.32 Å². The van der Waals surface area contributed by atoms with E-state index in [4.69, 9.17) is 4.43 Å². The maximum atomic E-state index is 13.4. The van der Waals surface area contributed by atoms with E-state index in [0.29, 0.717) is 40.2 Å². The van der Waals surface area contributed by atoms with Crippen LogP contribution in [0.5, 0.6) is 0 Å². The largest absolute Gasteiger partial charge is 0.413 e. The number of ketones is 1. The molecule has 3 atom stereocenters. The number of hydrogen-bond acceptors (Lipinski definition) is 7. The summed E-state index contributed by atoms with van der Waals surface area (Å²) < 4.78 is 8.84. The van der Waals surface area contributed by atoms with Crippen LogP contribution in [0.1, 0.15) is 76.0 Å². The quantitative estimate of drug-likeness (QED) is 0.221. The Bertz CT molecular complexity index is 1210. The highest BCUT2D eigenvalue weighted by atomic mass is 28.4. The van der Waals surface area contributed by atoms with Gasteiger partial charge >= 0.3 is 0 Å². The lowest BCUT2D eigenvalue weighted by Crippen LogP contribution is -2.51. The highest BCUT2D eigenvalue weighted by Crippen LogP contribution is 2.46. The van der Waals surface area contributed by atoms with E-state index in [1.165, 1.54) is 6.33 Å². The molecule has 210 valence electrons. The second-order valence-corrected chi connectivity index (χ2v) is 17.1. The Morgan fingerprint density at radius 1 is 1.08 bits per heavy atom. The molecule has 2 N–H and O–H groups in total. The summed E-state index contributed by atoms with van der Waals surface area (Å²) in [5.74, 6) is 0.315. The SMILES string of the molecule is CC(C)[Si](O[C@H]1C[C@H](Nc2ncncc2C(=O)c2ccn(Cc3ccccc3)n2)C[C@@H]1CO)(C(C)C)C(C)C. The third-order valence-electron chi connectivity index (χ3n) is 8.29. The van der Waals surface area contributed by atoms with Gasteiger partial charge in [-0.15, -0.1) is 0 Å². The summed E-state index contributed by atoms with van der Waals surface area (Å²) in [6.07, 6.45) is 6.30. The highest BCUT2D eigenvalue weighted by Gasteiger charge is 2.49. The van der Waals surface area contributed by atoms with Crippen molar-refractivity contribution in [2.75, 3.05) is 11.9 Å². The first-order valence-corrected chi connectivity index (χ1v) is 16.3. The summed E-state index contributed by atoms with van der Waals surface area (Å²) in [6.45, 7) is 14.4. The van der Waals surface area contributed by atoms with Crippen LogP contribution in [0.2, 0.25) is 16.6 Å². The van der Waals surface area contributed by atoms with E-state index < -0.39 is 8.32 Å². The monoisotopic (exact) mass is 549 g/mol. The first-order chi connectivity index (χ1) is 18.6. The van der Waals surface area contributed by atoms with E-state index in [9.17, 15) is 9.90 Å². The molecule has 0 saturated heterocycles. The van der Waals surface area contributed by atoms with Crippen molar-refractivity contribution in [3.63, 3.8) is 0 Å². The molecule has 0 unspecified atom stereocenters. The van der Waals surface area contributed by atoms with Crippen LogP contribution in [0, 0.1) is 5.92 Å². The molecule has 4 rings (SSSR count). The molecule has 2 aromatic heterocycles. The van der Waals surface area contributed by atoms with E-state index in [0.717, 1.165) is 18.4 Å². The number of benzene rings is 1. The van der Waals surface area contributed by atoms with E-state index in [-0.39, 0.29) is 30.5 Å². The number of aliphatic hydroxyl groups excluding tert-OH is 1. The summed E-state index contributed by atoms with van der Waals surface area (Å²) in [5.41, 5.74) is 3.26. The summed E-state index contributed by atoms with van der Waals surface area (Å²) in [6, 6.07) is 11.8. The van der Waals surface area contributed by atoms with Gasteiger partial charge in [-0.25, -0.2) is 9.97 Å². The average molecular weight is 550 g/mol. The first kappa shape index (κ1) is 29.1. The van der Waals surface area contributed by atoms with Crippen molar-refractivity contribution >= 4 is 19.9 Å². The third kappa shape index (κ3) is 6.31. The van der Waals surface area contributed by atoms with Gasteiger partial charge in [0.1, 0.15) is 17.8 Å². The zero-order valence-corrected chi connectivity index (χ0v) is 25.0. The van der Waals surface area contributed by atoms with Crippen LogP contribution in [0.4, 0.5) is 5.82 Å². The number of carbonyl (C=O) groups excluding carboxylic acids is 1. The lowest BCUT2D eigenvalue weighted by atomic mass is 10.1. The summed E-state index contributed by atoms with van der Waals surface area (Å²) in [4.78, 5) is 22.0. The van der Waals surface area contributed by atoms with Crippen molar-refractivity contribution < 1.29 is 14.3 Å². The van der Waals surface area contributed by atoms with Crippen LogP contribution >= 0.6 is 0 Å². The summed E-state index contributed by atoms with van der Waals surface area (Å²) >= 11 is 0. The predicted octanol–water partition coefficient (Wildman–Crippen LogP) is 5.70. The van der Waals surface area contributed by atoms with Gasteiger partial charge in [-0.1, -0.05) is 71.9 Å². The summed E-state index contributed by atoms with van der Waals surface area (Å²) in [7, 11) is -2.10. The van der Waals surface area contributed by atoms with Gasteiger partial charge in [0.2, 0.25) is 14.1 Å². The third-order valence-corrected chi connectivity index (χ3v) is 14.4. The fraction of sp³-hybridized carbons (Fsp3) is 0.533. The molecule has 3 aromatic rings. The molecule has 1 aromatic carbocycles. The number of hydrogen-bond donors (Lipinski definition) is 2. The van der Waals surface area contributed by atoms with E-state index in [1.807, 2.05) is 36.5 Å². The standard InChI is InChI=1S/C30H43N5O3Si/c1-20(2)39(21(3)4,22(5)6)38-28-15-25(14-24(28)18-36)33-30-26(16-31-19-32-30)29(37)27-12-13-35(34-27)17-23-10-8-7-9-11-23/h7-13,16,19-22,24-25,28,36H,14-15,17-18H2,1-6H3,(H,31,32,33)/t24-,25-,28+/m1/s1. The van der Waals surface area contributed by atoms with Gasteiger partial charge in [0.15, 0.2) is 0 Å². The molecule has 1 aliphatic carbocycles. The molecule has 0 amide bonds. The van der Waals surface area contributed by atoms with Crippen LogP contribution in [-0.2, 0) is 11.0 Å². The number of carbonyl (C=O) groups is 1. The molecule has 0 bridgehead atoms. The Hall–Kier alpha value is -2.88. The Morgan fingerprint density at radius 2 is 1.77 bits per heavy atom. The number of anilines is 1. The highest BCUT2D eigenvalue weighted by molar-refractivity contribution is 6.77. The van der Waals surface area contributed by atoms with Gasteiger partial charge in [-0.3, -0.25) is 9.48 Å². The van der Waals surface area contributed by atoms with Crippen LogP contribution in [0.15, 0.2) is 55.1 Å². The zero-order valence-electron chi connectivity index (χ0n) is 24.0. The number of rotatable bonds is 12. The minimum Gasteiger partial charge on any atom is -0.413 e. The lowest BCUT2D eigenvalue weighted by Gasteiger charge is -2.45. The Balaban J connectivity index is 1.49. The molecular formula is C30H43N5O3Si. The molecule has 1 saturated carbocycles. The molecule has 0 spiro atoms. The fourth-order valence-electron chi connectivity index (χ4n) is 6.49. The molecular weight excluding hydrogens is 506 g/mol. The van der Waals surface area contributed by atoms with Crippen molar-refractivity contribution in [1.29, 1.82) is 0 Å². The lowest BCUT2D eigenvalue weighted by molar-refractivity contribution is 0.0941. The minimum atomic E-state index is -2.10. The maximum Gasteiger partial charge on any atom is 0.218 e. The normalized spacial score (nSPS) is 19.8. The molecule has 1 fully saturated rings. The van der Waals surface area contributed by atoms with E-state index in [2.05, 4.69) is 61.9 Å². The van der Waals surface area contributed by atoms with Gasteiger partial charge in [0.25, 0.3) is 0 Å². The second kappa shape index (κ2) is 12.5. The van der Waals surface area contributed by atoms with Crippen molar-refractivity contribution in [2.45, 2.75) is 89.7 Å². The molecule has 9 heteroatoms. The fourth-order valence-corrected chi connectivity index (χ4v) is 12.1. The van der Waals surface area contributed by atoms with E-state index >= 15 is 0 Å². The molecule has 2 heterocycles. The van der Waals surface area contributed by atoms with Gasteiger partial charge in [0.05, 0.1) is 18.2 Å². The van der Waals surface area contributed by atoms with Crippen molar-refractivity contribution in [2.24, 2.45) is 5.92 Å². The van der Waals surface area contributed by atoms with Crippen molar-refractivity contribution in [1.82, 2.24) is 19.7 Å².